The normalized spacial score (nSPS) is 17.8. The lowest BCUT2D eigenvalue weighted by Crippen LogP contribution is -2.38. The van der Waals surface area contributed by atoms with Gasteiger partial charge in [0.2, 0.25) is 0 Å². The molecular formula is C15H18F2O3. The van der Waals surface area contributed by atoms with Gasteiger partial charge in [-0.2, -0.15) is 0 Å². The van der Waals surface area contributed by atoms with Gasteiger partial charge in [-0.25, -0.2) is 8.78 Å². The molecule has 1 aromatic carbocycles. The number of methoxy groups -OCH3 is 1. The van der Waals surface area contributed by atoms with Crippen LogP contribution in [0, 0.1) is 5.82 Å². The number of benzene rings is 1. The molecule has 2 rings (SSSR count). The summed E-state index contributed by atoms with van der Waals surface area (Å²) in [6.07, 6.45) is 3.33. The average Bonchev–Trinajstić information content (AvgIpc) is 2.46. The fourth-order valence-electron chi connectivity index (χ4n) is 3.04. The van der Waals surface area contributed by atoms with Crippen LogP contribution in [0.1, 0.15) is 43.2 Å². The lowest BCUT2D eigenvalue weighted by atomic mass is 9.69. The van der Waals surface area contributed by atoms with E-state index in [1.54, 1.807) is 0 Å². The van der Waals surface area contributed by atoms with E-state index in [9.17, 15) is 18.7 Å². The lowest BCUT2D eigenvalue weighted by molar-refractivity contribution is -0.145. The van der Waals surface area contributed by atoms with Gasteiger partial charge < -0.3 is 9.84 Å². The average molecular weight is 284 g/mol. The molecule has 1 N–H and O–H groups in total. The summed E-state index contributed by atoms with van der Waals surface area (Å²) in [5, 5.41) is 9.64. The highest BCUT2D eigenvalue weighted by Crippen LogP contribution is 2.44. The fourth-order valence-corrected chi connectivity index (χ4v) is 3.04. The SMILES string of the molecule is COc1c(F)cc(CF)cc1C1(C(=O)O)CCCCC1. The molecule has 0 saturated heterocycles. The minimum Gasteiger partial charge on any atom is -0.493 e. The molecule has 20 heavy (non-hydrogen) atoms. The van der Waals surface area contributed by atoms with Gasteiger partial charge in [0.05, 0.1) is 12.5 Å². The highest BCUT2D eigenvalue weighted by molar-refractivity contribution is 5.82. The largest absolute Gasteiger partial charge is 0.493 e. The van der Waals surface area contributed by atoms with Crippen LogP contribution in [0.2, 0.25) is 0 Å². The van der Waals surface area contributed by atoms with Crippen LogP contribution in [0.15, 0.2) is 12.1 Å². The van der Waals surface area contributed by atoms with Crippen LogP contribution >= 0.6 is 0 Å². The first-order chi connectivity index (χ1) is 9.55. The van der Waals surface area contributed by atoms with Gasteiger partial charge >= 0.3 is 5.97 Å². The van der Waals surface area contributed by atoms with Crippen LogP contribution in [0.4, 0.5) is 8.78 Å². The molecule has 0 heterocycles. The standard InChI is InChI=1S/C15H18F2O3/c1-20-13-11(7-10(9-16)8-12(13)17)15(14(18)19)5-3-2-4-6-15/h7-8H,2-6,9H2,1H3,(H,18,19). The topological polar surface area (TPSA) is 46.5 Å². The Balaban J connectivity index is 2.63. The first-order valence-electron chi connectivity index (χ1n) is 6.71. The van der Waals surface area contributed by atoms with Crippen molar-refractivity contribution in [2.24, 2.45) is 0 Å². The number of aliphatic carboxylic acids is 1. The molecule has 3 nitrogen and oxygen atoms in total. The molecular weight excluding hydrogens is 266 g/mol. The van der Waals surface area contributed by atoms with Crippen LogP contribution in [-0.4, -0.2) is 18.2 Å². The molecule has 5 heteroatoms. The number of hydrogen-bond acceptors (Lipinski definition) is 2. The summed E-state index contributed by atoms with van der Waals surface area (Å²) in [5.41, 5.74) is -0.764. The van der Waals surface area contributed by atoms with Crippen molar-refractivity contribution < 1.29 is 23.4 Å². The summed E-state index contributed by atoms with van der Waals surface area (Å²) < 4.78 is 31.9. The fraction of sp³-hybridized carbons (Fsp3) is 0.533. The first-order valence-corrected chi connectivity index (χ1v) is 6.71. The number of rotatable bonds is 4. The van der Waals surface area contributed by atoms with Crippen molar-refractivity contribution in [2.75, 3.05) is 7.11 Å². The van der Waals surface area contributed by atoms with Crippen molar-refractivity contribution in [1.29, 1.82) is 0 Å². The molecule has 0 radical (unpaired) electrons. The van der Waals surface area contributed by atoms with Crippen molar-refractivity contribution in [3.63, 3.8) is 0 Å². The summed E-state index contributed by atoms with van der Waals surface area (Å²) in [6.45, 7) is -0.830. The van der Waals surface area contributed by atoms with E-state index in [4.69, 9.17) is 4.74 Å². The molecule has 0 bridgehead atoms. The summed E-state index contributed by atoms with van der Waals surface area (Å²) in [6, 6.07) is 2.49. The van der Waals surface area contributed by atoms with Gasteiger partial charge in [0.15, 0.2) is 11.6 Å². The Hall–Kier alpha value is -1.65. The number of carbonyl (C=O) groups is 1. The minimum atomic E-state index is -1.17. The predicted molar refractivity (Wildman–Crippen MR) is 70.2 cm³/mol. The molecule has 0 aromatic heterocycles. The number of carboxylic acid groups (broad SMARTS) is 1. The molecule has 1 fully saturated rings. The van der Waals surface area contributed by atoms with Crippen molar-refractivity contribution >= 4 is 5.97 Å². The zero-order valence-electron chi connectivity index (χ0n) is 11.4. The van der Waals surface area contributed by atoms with Gasteiger partial charge in [-0.05, 0) is 30.5 Å². The van der Waals surface area contributed by atoms with E-state index < -0.39 is 23.9 Å². The maximum atomic E-state index is 14.0. The van der Waals surface area contributed by atoms with Crippen LogP contribution in [0.5, 0.6) is 5.75 Å². The number of alkyl halides is 1. The molecule has 1 aliphatic carbocycles. The van der Waals surface area contributed by atoms with E-state index in [0.717, 1.165) is 25.3 Å². The van der Waals surface area contributed by atoms with Gasteiger partial charge in [0.25, 0.3) is 0 Å². The Morgan fingerprint density at radius 2 is 2.00 bits per heavy atom. The van der Waals surface area contributed by atoms with Gasteiger partial charge in [-0.3, -0.25) is 4.79 Å². The van der Waals surface area contributed by atoms with Crippen LogP contribution in [0.3, 0.4) is 0 Å². The summed E-state index contributed by atoms with van der Waals surface area (Å²) in [5.74, 6) is -1.78. The first kappa shape index (κ1) is 14.8. The quantitative estimate of drug-likeness (QED) is 0.919. The van der Waals surface area contributed by atoms with E-state index in [2.05, 4.69) is 0 Å². The Labute approximate surface area is 116 Å². The molecule has 0 amide bonds. The van der Waals surface area contributed by atoms with Crippen molar-refractivity contribution in [1.82, 2.24) is 0 Å². The van der Waals surface area contributed by atoms with Gasteiger partial charge in [-0.1, -0.05) is 19.3 Å². The number of ether oxygens (including phenoxy) is 1. The summed E-state index contributed by atoms with van der Waals surface area (Å²) >= 11 is 0. The third kappa shape index (κ3) is 2.37. The highest BCUT2D eigenvalue weighted by atomic mass is 19.1. The van der Waals surface area contributed by atoms with Gasteiger partial charge in [0, 0.05) is 5.56 Å². The molecule has 1 aromatic rings. The second-order valence-electron chi connectivity index (χ2n) is 5.24. The van der Waals surface area contributed by atoms with E-state index in [0.29, 0.717) is 12.8 Å². The molecule has 110 valence electrons. The maximum absolute atomic E-state index is 14.0. The highest BCUT2D eigenvalue weighted by Gasteiger charge is 2.44. The summed E-state index contributed by atoms with van der Waals surface area (Å²) in [7, 11) is 1.30. The van der Waals surface area contributed by atoms with Crippen molar-refractivity contribution in [3.05, 3.63) is 29.1 Å². The minimum absolute atomic E-state index is 0.0773. The van der Waals surface area contributed by atoms with E-state index in [-0.39, 0.29) is 16.9 Å². The molecule has 1 aliphatic rings. The number of carboxylic acids is 1. The zero-order valence-corrected chi connectivity index (χ0v) is 11.4. The Morgan fingerprint density at radius 3 is 2.50 bits per heavy atom. The van der Waals surface area contributed by atoms with E-state index in [1.807, 2.05) is 0 Å². The molecule has 1 saturated carbocycles. The van der Waals surface area contributed by atoms with E-state index in [1.165, 1.54) is 13.2 Å². The molecule has 0 spiro atoms. The Morgan fingerprint density at radius 1 is 1.35 bits per heavy atom. The van der Waals surface area contributed by atoms with E-state index >= 15 is 0 Å². The monoisotopic (exact) mass is 284 g/mol. The third-order valence-electron chi connectivity index (χ3n) is 4.09. The van der Waals surface area contributed by atoms with Crippen LogP contribution < -0.4 is 4.74 Å². The Kier molecular flexibility index (Phi) is 4.26. The van der Waals surface area contributed by atoms with Gasteiger partial charge in [-0.15, -0.1) is 0 Å². The van der Waals surface area contributed by atoms with Crippen molar-refractivity contribution in [2.45, 2.75) is 44.2 Å². The predicted octanol–water partition coefficient (Wildman–Crippen LogP) is 3.59. The molecule has 0 atom stereocenters. The lowest BCUT2D eigenvalue weighted by Gasteiger charge is -2.34. The van der Waals surface area contributed by atoms with Crippen LogP contribution in [0.25, 0.3) is 0 Å². The number of hydrogen-bond donors (Lipinski definition) is 1. The van der Waals surface area contributed by atoms with Crippen molar-refractivity contribution in [3.8, 4) is 5.75 Å². The van der Waals surface area contributed by atoms with Crippen LogP contribution in [-0.2, 0) is 16.9 Å². The maximum Gasteiger partial charge on any atom is 0.314 e. The third-order valence-corrected chi connectivity index (χ3v) is 4.09. The second-order valence-corrected chi connectivity index (χ2v) is 5.24. The zero-order chi connectivity index (χ0) is 14.8. The Bertz CT molecular complexity index is 508. The smallest absolute Gasteiger partial charge is 0.314 e. The molecule has 0 unspecified atom stereocenters. The molecule has 0 aliphatic heterocycles. The summed E-state index contributed by atoms with van der Waals surface area (Å²) in [4.78, 5) is 11.8. The second kappa shape index (κ2) is 5.77. The number of halogens is 2. The van der Waals surface area contributed by atoms with Gasteiger partial charge in [0.1, 0.15) is 6.67 Å².